The van der Waals surface area contributed by atoms with Crippen LogP contribution < -0.4 is 15.5 Å². The van der Waals surface area contributed by atoms with Crippen LogP contribution in [0.15, 0.2) is 29.4 Å². The van der Waals surface area contributed by atoms with Crippen molar-refractivity contribution in [1.29, 1.82) is 0 Å². The molecule has 0 radical (unpaired) electrons. The molecule has 0 aromatic heterocycles. The van der Waals surface area contributed by atoms with Gasteiger partial charge in [0.15, 0.2) is 0 Å². The van der Waals surface area contributed by atoms with Crippen LogP contribution in [0.3, 0.4) is 0 Å². The Morgan fingerprint density at radius 3 is 2.47 bits per heavy atom. The number of hydrogen-bond acceptors (Lipinski definition) is 5. The number of anilines is 2. The quantitative estimate of drug-likeness (QED) is 0.694. The number of benzene rings is 1. The van der Waals surface area contributed by atoms with Gasteiger partial charge in [-0.1, -0.05) is 12.5 Å². The van der Waals surface area contributed by atoms with Crippen LogP contribution in [0.2, 0.25) is 0 Å². The number of fused-ring (bicyclic) bond motifs is 1. The number of carbonyl (C=O) groups excluding carboxylic acids is 2. The van der Waals surface area contributed by atoms with Crippen LogP contribution in [0, 0.1) is 0 Å². The van der Waals surface area contributed by atoms with Gasteiger partial charge in [-0.05, 0) is 69.6 Å². The average molecular weight is 439 g/mol. The minimum absolute atomic E-state index is 0.0295. The van der Waals surface area contributed by atoms with Crippen LogP contribution in [0.1, 0.15) is 70.8 Å². The molecule has 2 N–H and O–H groups in total. The number of rotatable bonds is 4. The molecule has 1 aromatic carbocycles. The van der Waals surface area contributed by atoms with Crippen molar-refractivity contribution in [1.82, 2.24) is 0 Å². The van der Waals surface area contributed by atoms with E-state index in [0.29, 0.717) is 24.0 Å². The number of carbonyl (C=O) groups is 2. The van der Waals surface area contributed by atoms with Crippen molar-refractivity contribution in [3.8, 4) is 0 Å². The second-order valence-electron chi connectivity index (χ2n) is 9.18. The number of ether oxygens (including phenoxy) is 1. The molecule has 7 heteroatoms. The molecule has 1 heterocycles. The Hall–Kier alpha value is -2.83. The highest BCUT2D eigenvalue weighted by Gasteiger charge is 2.35. The predicted molar refractivity (Wildman–Crippen MR) is 128 cm³/mol. The van der Waals surface area contributed by atoms with Crippen LogP contribution >= 0.6 is 0 Å². The van der Waals surface area contributed by atoms with Crippen molar-refractivity contribution in [2.24, 2.45) is 10.7 Å². The van der Waals surface area contributed by atoms with E-state index in [0.717, 1.165) is 49.7 Å². The molecule has 1 unspecified atom stereocenters. The minimum Gasteiger partial charge on any atom is -0.446 e. The molecule has 1 aromatic rings. The highest BCUT2D eigenvalue weighted by Crippen LogP contribution is 2.38. The van der Waals surface area contributed by atoms with Crippen LogP contribution in [0.4, 0.5) is 16.2 Å². The Bertz CT molecular complexity index is 916. The van der Waals surface area contributed by atoms with Gasteiger partial charge in [-0.15, -0.1) is 0 Å². The van der Waals surface area contributed by atoms with Gasteiger partial charge in [0.05, 0.1) is 17.4 Å². The van der Waals surface area contributed by atoms with Crippen molar-refractivity contribution < 1.29 is 14.3 Å². The molecule has 2 aliphatic carbocycles. The lowest BCUT2D eigenvalue weighted by Crippen LogP contribution is -2.52. The van der Waals surface area contributed by atoms with Gasteiger partial charge in [-0.2, -0.15) is 0 Å². The molecule has 0 bridgehead atoms. The van der Waals surface area contributed by atoms with Gasteiger partial charge in [0.2, 0.25) is 5.91 Å². The third-order valence-corrected chi connectivity index (χ3v) is 6.80. The number of aliphatic imine (C=N–C) groups is 1. The number of hydrogen-bond donors (Lipinski definition) is 1. The Morgan fingerprint density at radius 1 is 1.09 bits per heavy atom. The fraction of sp³-hybridized carbons (Fsp3) is 0.560. The first-order chi connectivity index (χ1) is 15.5. The second-order valence-corrected chi connectivity index (χ2v) is 9.18. The summed E-state index contributed by atoms with van der Waals surface area (Å²) in [6.45, 7) is 3.90. The van der Waals surface area contributed by atoms with Gasteiger partial charge in [-0.3, -0.25) is 14.7 Å². The van der Waals surface area contributed by atoms with Crippen LogP contribution in [0.25, 0.3) is 5.57 Å². The summed E-state index contributed by atoms with van der Waals surface area (Å²) in [7, 11) is 0. The summed E-state index contributed by atoms with van der Waals surface area (Å²) in [4.78, 5) is 33.6. The summed E-state index contributed by atoms with van der Waals surface area (Å²) < 4.78 is 5.88. The molecule has 2 amide bonds. The Labute approximate surface area is 190 Å². The fourth-order valence-electron chi connectivity index (χ4n) is 4.78. The molecule has 4 rings (SSSR count). The Balaban J connectivity index is 1.65. The van der Waals surface area contributed by atoms with E-state index in [9.17, 15) is 9.59 Å². The van der Waals surface area contributed by atoms with Crippen molar-refractivity contribution in [3.05, 3.63) is 30.0 Å². The van der Waals surface area contributed by atoms with E-state index in [1.54, 1.807) is 22.9 Å². The molecular weight excluding hydrogens is 404 g/mol. The monoisotopic (exact) mass is 438 g/mol. The van der Waals surface area contributed by atoms with Gasteiger partial charge in [-0.25, -0.2) is 4.79 Å². The normalized spacial score (nSPS) is 22.6. The fourth-order valence-corrected chi connectivity index (χ4v) is 4.78. The minimum atomic E-state index is -0.341. The maximum atomic E-state index is 13.2. The number of nitrogens with zero attached hydrogens (tertiary/aromatic N) is 3. The SMILES string of the molecule is CC(=O)N1c2ccc(C(C=NC3CCC3)=CN)cc2N(C(=O)OC2CCCCC2)CC1C. The summed E-state index contributed by atoms with van der Waals surface area (Å²) in [5, 5.41) is 0. The van der Waals surface area contributed by atoms with Gasteiger partial charge >= 0.3 is 6.09 Å². The lowest BCUT2D eigenvalue weighted by Gasteiger charge is -2.41. The zero-order chi connectivity index (χ0) is 22.7. The van der Waals surface area contributed by atoms with Gasteiger partial charge in [0, 0.05) is 37.5 Å². The average Bonchev–Trinajstić information content (AvgIpc) is 2.75. The number of amides is 2. The van der Waals surface area contributed by atoms with Gasteiger partial charge < -0.3 is 15.4 Å². The van der Waals surface area contributed by atoms with E-state index in [2.05, 4.69) is 4.99 Å². The molecular formula is C25H34N4O3. The van der Waals surface area contributed by atoms with E-state index in [1.165, 1.54) is 12.8 Å². The predicted octanol–water partition coefficient (Wildman–Crippen LogP) is 4.64. The van der Waals surface area contributed by atoms with Crippen molar-refractivity contribution in [2.45, 2.75) is 83.4 Å². The molecule has 3 aliphatic rings. The molecule has 1 aliphatic heterocycles. The van der Waals surface area contributed by atoms with Gasteiger partial charge in [0.25, 0.3) is 0 Å². The molecule has 172 valence electrons. The maximum Gasteiger partial charge on any atom is 0.414 e. The van der Waals surface area contributed by atoms with E-state index in [-0.39, 0.29) is 24.1 Å². The smallest absolute Gasteiger partial charge is 0.414 e. The maximum absolute atomic E-state index is 13.2. The number of nitrogens with two attached hydrogens (primary N) is 1. The van der Waals surface area contributed by atoms with E-state index < -0.39 is 0 Å². The third-order valence-electron chi connectivity index (χ3n) is 6.80. The van der Waals surface area contributed by atoms with Crippen molar-refractivity contribution in [3.63, 3.8) is 0 Å². The van der Waals surface area contributed by atoms with Gasteiger partial charge in [0.1, 0.15) is 6.10 Å². The highest BCUT2D eigenvalue weighted by atomic mass is 16.6. The van der Waals surface area contributed by atoms with Crippen LogP contribution in [0.5, 0.6) is 0 Å². The summed E-state index contributed by atoms with van der Waals surface area (Å²) >= 11 is 0. The molecule has 0 saturated heterocycles. The third kappa shape index (κ3) is 4.66. The van der Waals surface area contributed by atoms with E-state index in [4.69, 9.17) is 10.5 Å². The molecule has 1 atom stereocenters. The summed E-state index contributed by atoms with van der Waals surface area (Å²) in [6, 6.07) is 5.98. The first kappa shape index (κ1) is 22.4. The summed E-state index contributed by atoms with van der Waals surface area (Å²) in [6.07, 6.45) is 11.7. The largest absolute Gasteiger partial charge is 0.446 e. The highest BCUT2D eigenvalue weighted by molar-refractivity contribution is 6.11. The molecule has 2 fully saturated rings. The van der Waals surface area contributed by atoms with Crippen molar-refractivity contribution >= 4 is 35.2 Å². The molecule has 0 spiro atoms. The summed E-state index contributed by atoms with van der Waals surface area (Å²) in [5.41, 5.74) is 8.97. The second kappa shape index (κ2) is 9.76. The molecule has 32 heavy (non-hydrogen) atoms. The first-order valence-corrected chi connectivity index (χ1v) is 11.9. The molecule has 2 saturated carbocycles. The lowest BCUT2D eigenvalue weighted by atomic mass is 9.94. The number of allylic oxidation sites excluding steroid dienone is 1. The van der Waals surface area contributed by atoms with Crippen molar-refractivity contribution in [2.75, 3.05) is 16.3 Å². The van der Waals surface area contributed by atoms with E-state index >= 15 is 0 Å². The standard InChI is InChI=1S/C25H34N4O3/c1-17-16-28(25(31)32-22-9-4-3-5-10-22)24-13-19(11-12-23(24)29(17)18(2)30)20(14-26)15-27-21-7-6-8-21/h11-15,17,21-22H,3-10,16,26H2,1-2H3. The topological polar surface area (TPSA) is 88.2 Å². The Morgan fingerprint density at radius 2 is 1.84 bits per heavy atom. The molecule has 7 nitrogen and oxygen atoms in total. The Kier molecular flexibility index (Phi) is 6.82. The van der Waals surface area contributed by atoms with Crippen LogP contribution in [-0.4, -0.2) is 42.9 Å². The zero-order valence-electron chi connectivity index (χ0n) is 19.1. The van der Waals surface area contributed by atoms with Crippen LogP contribution in [-0.2, 0) is 9.53 Å². The first-order valence-electron chi connectivity index (χ1n) is 11.9. The summed E-state index contributed by atoms with van der Waals surface area (Å²) in [5.74, 6) is -0.0482. The lowest BCUT2D eigenvalue weighted by molar-refractivity contribution is -0.117. The van der Waals surface area contributed by atoms with E-state index in [1.807, 2.05) is 31.3 Å². The zero-order valence-corrected chi connectivity index (χ0v) is 19.1.